The van der Waals surface area contributed by atoms with E-state index in [9.17, 15) is 4.79 Å². The second-order valence-corrected chi connectivity index (χ2v) is 4.61. The quantitative estimate of drug-likeness (QED) is 0.858. The predicted octanol–water partition coefficient (Wildman–Crippen LogP) is 2.25. The maximum absolute atomic E-state index is 10.8. The van der Waals surface area contributed by atoms with Crippen LogP contribution in [-0.4, -0.2) is 35.3 Å². The zero-order valence-electron chi connectivity index (χ0n) is 11.2. The highest BCUT2D eigenvalue weighted by Gasteiger charge is 2.27. The summed E-state index contributed by atoms with van der Waals surface area (Å²) in [6.07, 6.45) is 1.09. The van der Waals surface area contributed by atoms with Crippen molar-refractivity contribution in [2.24, 2.45) is 0 Å². The smallest absolute Gasteiger partial charge is 0.407 e. The highest BCUT2D eigenvalue weighted by Crippen LogP contribution is 2.20. The molecule has 0 aliphatic carbocycles. The van der Waals surface area contributed by atoms with Crippen LogP contribution in [0.2, 0.25) is 0 Å². The van der Waals surface area contributed by atoms with Gasteiger partial charge in [-0.15, -0.1) is 0 Å². The van der Waals surface area contributed by atoms with E-state index in [0.29, 0.717) is 25.3 Å². The Balaban J connectivity index is 1.98. The molecule has 1 atom stereocenters. The molecule has 2 rings (SSSR count). The zero-order chi connectivity index (χ0) is 15.2. The third-order valence-electron chi connectivity index (χ3n) is 3.15. The first-order chi connectivity index (χ1) is 10.1. The van der Waals surface area contributed by atoms with E-state index in [0.717, 1.165) is 5.56 Å². The summed E-state index contributed by atoms with van der Waals surface area (Å²) in [6, 6.07) is 10.6. The summed E-state index contributed by atoms with van der Waals surface area (Å²) in [7, 11) is 0. The first-order valence-corrected chi connectivity index (χ1v) is 6.39. The second-order valence-electron chi connectivity index (χ2n) is 4.61. The van der Waals surface area contributed by atoms with E-state index in [1.807, 2.05) is 0 Å². The molecule has 1 aromatic rings. The standard InChI is InChI=1S/C15H13N3O3/c16-8-12(9-17)7-11-1-3-13(4-2-11)21-14-5-6-18(10-14)15(19)20/h1-4,7,14H,5-6,10H2,(H,19,20). The number of allylic oxidation sites excluding steroid dienone is 1. The van der Waals surface area contributed by atoms with Crippen molar-refractivity contribution < 1.29 is 14.6 Å². The van der Waals surface area contributed by atoms with Crippen LogP contribution in [-0.2, 0) is 0 Å². The number of ether oxygens (including phenoxy) is 1. The molecule has 1 N–H and O–H groups in total. The van der Waals surface area contributed by atoms with Gasteiger partial charge in [-0.25, -0.2) is 4.79 Å². The maximum Gasteiger partial charge on any atom is 0.407 e. The van der Waals surface area contributed by atoms with Gasteiger partial charge in [0.2, 0.25) is 0 Å². The van der Waals surface area contributed by atoms with Gasteiger partial charge < -0.3 is 14.7 Å². The molecular formula is C15H13N3O3. The molecule has 0 spiro atoms. The normalized spacial score (nSPS) is 16.7. The third-order valence-corrected chi connectivity index (χ3v) is 3.15. The highest BCUT2D eigenvalue weighted by molar-refractivity contribution is 5.65. The number of hydrogen-bond donors (Lipinski definition) is 1. The van der Waals surface area contributed by atoms with Gasteiger partial charge in [-0.3, -0.25) is 0 Å². The molecule has 1 aliphatic rings. The zero-order valence-corrected chi connectivity index (χ0v) is 11.2. The van der Waals surface area contributed by atoms with E-state index in [4.69, 9.17) is 20.4 Å². The topological polar surface area (TPSA) is 97.4 Å². The lowest BCUT2D eigenvalue weighted by Gasteiger charge is -2.14. The summed E-state index contributed by atoms with van der Waals surface area (Å²) >= 11 is 0. The Labute approximate surface area is 122 Å². The van der Waals surface area contributed by atoms with Crippen molar-refractivity contribution in [1.82, 2.24) is 4.90 Å². The minimum absolute atomic E-state index is 0.0385. The highest BCUT2D eigenvalue weighted by atomic mass is 16.5. The predicted molar refractivity (Wildman–Crippen MR) is 74.3 cm³/mol. The van der Waals surface area contributed by atoms with Crippen molar-refractivity contribution >= 4 is 12.2 Å². The molecule has 1 amide bonds. The number of nitriles is 2. The summed E-state index contributed by atoms with van der Waals surface area (Å²) in [5, 5.41) is 26.2. The fourth-order valence-electron chi connectivity index (χ4n) is 2.09. The Morgan fingerprint density at radius 2 is 2.00 bits per heavy atom. The Bertz CT molecular complexity index is 622. The summed E-state index contributed by atoms with van der Waals surface area (Å²) in [5.74, 6) is 0.639. The monoisotopic (exact) mass is 283 g/mol. The molecular weight excluding hydrogens is 270 g/mol. The van der Waals surface area contributed by atoms with Crippen molar-refractivity contribution in [2.75, 3.05) is 13.1 Å². The fourth-order valence-corrected chi connectivity index (χ4v) is 2.09. The summed E-state index contributed by atoms with van der Waals surface area (Å²) in [6.45, 7) is 0.846. The Morgan fingerprint density at radius 3 is 2.52 bits per heavy atom. The molecule has 0 saturated carbocycles. The van der Waals surface area contributed by atoms with Crippen LogP contribution < -0.4 is 4.74 Å². The van der Waals surface area contributed by atoms with Crippen LogP contribution in [0.25, 0.3) is 6.08 Å². The number of carbonyl (C=O) groups is 1. The van der Waals surface area contributed by atoms with Crippen LogP contribution in [0.3, 0.4) is 0 Å². The molecule has 0 radical (unpaired) electrons. The lowest BCUT2D eigenvalue weighted by Crippen LogP contribution is -2.29. The van der Waals surface area contributed by atoms with Crippen molar-refractivity contribution in [1.29, 1.82) is 10.5 Å². The molecule has 0 bridgehead atoms. The summed E-state index contributed by atoms with van der Waals surface area (Å²) < 4.78 is 5.71. The largest absolute Gasteiger partial charge is 0.489 e. The van der Waals surface area contributed by atoms with Gasteiger partial charge >= 0.3 is 6.09 Å². The van der Waals surface area contributed by atoms with Gasteiger partial charge in [0, 0.05) is 13.0 Å². The van der Waals surface area contributed by atoms with Crippen LogP contribution in [0.1, 0.15) is 12.0 Å². The van der Waals surface area contributed by atoms with E-state index in [1.54, 1.807) is 36.4 Å². The summed E-state index contributed by atoms with van der Waals surface area (Å²) in [5.41, 5.74) is 0.774. The number of nitrogens with zero attached hydrogens (tertiary/aromatic N) is 3. The van der Waals surface area contributed by atoms with Gasteiger partial charge in [-0.05, 0) is 23.8 Å². The minimum Gasteiger partial charge on any atom is -0.489 e. The SMILES string of the molecule is N#CC(C#N)=Cc1ccc(OC2CCN(C(=O)O)C2)cc1. The third kappa shape index (κ3) is 3.74. The van der Waals surface area contributed by atoms with Crippen molar-refractivity contribution in [3.63, 3.8) is 0 Å². The lowest BCUT2D eigenvalue weighted by atomic mass is 10.1. The second kappa shape index (κ2) is 6.44. The Morgan fingerprint density at radius 1 is 1.33 bits per heavy atom. The molecule has 1 aliphatic heterocycles. The van der Waals surface area contributed by atoms with Crippen LogP contribution >= 0.6 is 0 Å². The average molecular weight is 283 g/mol. The van der Waals surface area contributed by atoms with Gasteiger partial charge in [-0.1, -0.05) is 12.1 Å². The van der Waals surface area contributed by atoms with Crippen molar-refractivity contribution in [3.8, 4) is 17.9 Å². The first-order valence-electron chi connectivity index (χ1n) is 6.39. The van der Waals surface area contributed by atoms with E-state index < -0.39 is 6.09 Å². The summed E-state index contributed by atoms with van der Waals surface area (Å²) in [4.78, 5) is 12.1. The molecule has 1 saturated heterocycles. The fraction of sp³-hybridized carbons (Fsp3) is 0.267. The van der Waals surface area contributed by atoms with E-state index >= 15 is 0 Å². The molecule has 1 fully saturated rings. The lowest BCUT2D eigenvalue weighted by molar-refractivity contribution is 0.145. The van der Waals surface area contributed by atoms with Crippen LogP contribution in [0.15, 0.2) is 29.8 Å². The molecule has 6 heteroatoms. The number of rotatable bonds is 3. The molecule has 1 heterocycles. The van der Waals surface area contributed by atoms with E-state index in [1.165, 1.54) is 11.0 Å². The Hall–Kier alpha value is -2.99. The van der Waals surface area contributed by atoms with Crippen LogP contribution in [0.5, 0.6) is 5.75 Å². The molecule has 1 unspecified atom stereocenters. The van der Waals surface area contributed by atoms with Gasteiger partial charge in [0.05, 0.1) is 6.54 Å². The van der Waals surface area contributed by atoms with Gasteiger partial charge in [0.25, 0.3) is 0 Å². The first kappa shape index (κ1) is 14.4. The van der Waals surface area contributed by atoms with Gasteiger partial charge in [-0.2, -0.15) is 10.5 Å². The number of amides is 1. The number of likely N-dealkylation sites (tertiary alicyclic amines) is 1. The number of hydrogen-bond acceptors (Lipinski definition) is 4. The molecule has 1 aromatic carbocycles. The van der Waals surface area contributed by atoms with Gasteiger partial charge in [0.1, 0.15) is 29.6 Å². The molecule has 6 nitrogen and oxygen atoms in total. The average Bonchev–Trinajstić information content (AvgIpc) is 2.95. The van der Waals surface area contributed by atoms with E-state index in [2.05, 4.69) is 0 Å². The van der Waals surface area contributed by atoms with Crippen molar-refractivity contribution in [2.45, 2.75) is 12.5 Å². The Kier molecular flexibility index (Phi) is 4.43. The molecule has 21 heavy (non-hydrogen) atoms. The van der Waals surface area contributed by atoms with Gasteiger partial charge in [0.15, 0.2) is 0 Å². The van der Waals surface area contributed by atoms with E-state index in [-0.39, 0.29) is 11.7 Å². The number of benzene rings is 1. The van der Waals surface area contributed by atoms with Crippen LogP contribution in [0, 0.1) is 22.7 Å². The van der Waals surface area contributed by atoms with Crippen LogP contribution in [0.4, 0.5) is 4.79 Å². The molecule has 106 valence electrons. The number of carboxylic acid groups (broad SMARTS) is 1. The van der Waals surface area contributed by atoms with Crippen molar-refractivity contribution in [3.05, 3.63) is 35.4 Å². The minimum atomic E-state index is -0.929. The maximum atomic E-state index is 10.8. The molecule has 0 aromatic heterocycles.